The summed E-state index contributed by atoms with van der Waals surface area (Å²) >= 11 is 1.03. The SMILES string of the molecule is Nc1nnc(SCC(=O)O)n1CCC(=O)NC1CC1. The normalized spacial score (nSPS) is 14.3. The predicted molar refractivity (Wildman–Crippen MR) is 68.6 cm³/mol. The number of amides is 1. The summed E-state index contributed by atoms with van der Waals surface area (Å²) in [7, 11) is 0. The summed E-state index contributed by atoms with van der Waals surface area (Å²) in [5.41, 5.74) is 5.64. The van der Waals surface area contributed by atoms with Gasteiger partial charge in [0.2, 0.25) is 11.9 Å². The van der Waals surface area contributed by atoms with Crippen molar-refractivity contribution < 1.29 is 14.7 Å². The molecule has 0 spiro atoms. The number of nitrogens with one attached hydrogen (secondary N) is 1. The van der Waals surface area contributed by atoms with E-state index in [0.717, 1.165) is 24.6 Å². The third-order valence-electron chi connectivity index (χ3n) is 2.58. The maximum atomic E-state index is 11.6. The van der Waals surface area contributed by atoms with Gasteiger partial charge in [0.15, 0.2) is 5.16 Å². The van der Waals surface area contributed by atoms with Crippen molar-refractivity contribution in [2.45, 2.75) is 37.0 Å². The van der Waals surface area contributed by atoms with Crippen molar-refractivity contribution in [3.63, 3.8) is 0 Å². The number of carboxylic acids is 1. The van der Waals surface area contributed by atoms with Gasteiger partial charge >= 0.3 is 5.97 Å². The molecule has 0 aromatic carbocycles. The van der Waals surface area contributed by atoms with Crippen LogP contribution < -0.4 is 11.1 Å². The van der Waals surface area contributed by atoms with Crippen LogP contribution >= 0.6 is 11.8 Å². The molecule has 0 radical (unpaired) electrons. The standard InChI is InChI=1S/C10H15N5O3S/c11-9-13-14-10(19-5-8(17)18)15(9)4-3-7(16)12-6-1-2-6/h6H,1-5H2,(H2,11,13)(H,12,16)(H,17,18). The number of hydrogen-bond acceptors (Lipinski definition) is 6. The Kier molecular flexibility index (Phi) is 4.25. The summed E-state index contributed by atoms with van der Waals surface area (Å²) in [6, 6.07) is 0.326. The zero-order valence-corrected chi connectivity index (χ0v) is 11.0. The van der Waals surface area contributed by atoms with Gasteiger partial charge < -0.3 is 16.2 Å². The fourth-order valence-electron chi connectivity index (χ4n) is 1.48. The van der Waals surface area contributed by atoms with Crippen molar-refractivity contribution in [3.8, 4) is 0 Å². The molecule has 104 valence electrons. The first-order valence-corrected chi connectivity index (χ1v) is 6.87. The predicted octanol–water partition coefficient (Wildman–Crippen LogP) is -0.294. The highest BCUT2D eigenvalue weighted by Crippen LogP contribution is 2.20. The molecule has 2 rings (SSSR count). The minimum Gasteiger partial charge on any atom is -0.481 e. The Morgan fingerprint density at radius 1 is 1.47 bits per heavy atom. The van der Waals surface area contributed by atoms with Crippen molar-refractivity contribution in [3.05, 3.63) is 0 Å². The van der Waals surface area contributed by atoms with E-state index in [-0.39, 0.29) is 24.0 Å². The molecule has 8 nitrogen and oxygen atoms in total. The zero-order chi connectivity index (χ0) is 13.8. The number of thioether (sulfide) groups is 1. The largest absolute Gasteiger partial charge is 0.481 e. The van der Waals surface area contributed by atoms with Gasteiger partial charge in [-0.2, -0.15) is 0 Å². The lowest BCUT2D eigenvalue weighted by Crippen LogP contribution is -2.26. The molecule has 1 saturated carbocycles. The fraction of sp³-hybridized carbons (Fsp3) is 0.600. The van der Waals surface area contributed by atoms with Crippen LogP contribution in [0.2, 0.25) is 0 Å². The first-order valence-electron chi connectivity index (χ1n) is 5.89. The van der Waals surface area contributed by atoms with E-state index >= 15 is 0 Å². The van der Waals surface area contributed by atoms with Crippen LogP contribution in [-0.2, 0) is 16.1 Å². The van der Waals surface area contributed by atoms with Crippen LogP contribution in [0.1, 0.15) is 19.3 Å². The van der Waals surface area contributed by atoms with E-state index in [2.05, 4.69) is 15.5 Å². The maximum absolute atomic E-state index is 11.6. The number of rotatable bonds is 7. The molecule has 9 heteroatoms. The molecule has 1 aromatic heterocycles. The number of aliphatic carboxylic acids is 1. The Morgan fingerprint density at radius 3 is 2.84 bits per heavy atom. The third kappa shape index (κ3) is 4.12. The van der Waals surface area contributed by atoms with Crippen molar-refractivity contribution in [1.82, 2.24) is 20.1 Å². The second kappa shape index (κ2) is 5.91. The van der Waals surface area contributed by atoms with Crippen LogP contribution in [-0.4, -0.2) is 43.5 Å². The van der Waals surface area contributed by atoms with Crippen molar-refractivity contribution in [1.29, 1.82) is 0 Å². The van der Waals surface area contributed by atoms with Gasteiger partial charge in [-0.1, -0.05) is 11.8 Å². The minimum absolute atomic E-state index is 0.0372. The van der Waals surface area contributed by atoms with E-state index in [9.17, 15) is 9.59 Å². The van der Waals surface area contributed by atoms with E-state index in [1.165, 1.54) is 0 Å². The number of nitrogens with zero attached hydrogens (tertiary/aromatic N) is 3. The minimum atomic E-state index is -0.940. The van der Waals surface area contributed by atoms with E-state index in [4.69, 9.17) is 10.8 Å². The van der Waals surface area contributed by atoms with Gasteiger partial charge in [-0.05, 0) is 12.8 Å². The lowest BCUT2D eigenvalue weighted by atomic mass is 10.4. The molecule has 1 fully saturated rings. The van der Waals surface area contributed by atoms with Gasteiger partial charge in [0.25, 0.3) is 0 Å². The number of aromatic nitrogens is 3. The molecule has 1 heterocycles. The number of carbonyl (C=O) groups excluding carboxylic acids is 1. The Hall–Kier alpha value is -1.77. The van der Waals surface area contributed by atoms with E-state index in [1.54, 1.807) is 4.57 Å². The average Bonchev–Trinajstić information content (AvgIpc) is 3.08. The number of nitrogen functional groups attached to an aromatic ring is 1. The molecule has 0 aliphatic heterocycles. The first kappa shape index (κ1) is 13.7. The van der Waals surface area contributed by atoms with Gasteiger partial charge in [0.05, 0.1) is 5.75 Å². The molecule has 1 aliphatic rings. The number of anilines is 1. The molecule has 0 saturated heterocycles. The molecule has 0 bridgehead atoms. The molecular weight excluding hydrogens is 270 g/mol. The summed E-state index contributed by atoms with van der Waals surface area (Å²) in [5, 5.41) is 19.4. The Morgan fingerprint density at radius 2 is 2.21 bits per heavy atom. The number of nitrogens with two attached hydrogens (primary N) is 1. The maximum Gasteiger partial charge on any atom is 0.313 e. The van der Waals surface area contributed by atoms with Crippen molar-refractivity contribution >= 4 is 29.6 Å². The highest BCUT2D eigenvalue weighted by molar-refractivity contribution is 7.99. The molecule has 4 N–H and O–H groups in total. The lowest BCUT2D eigenvalue weighted by molar-refractivity contribution is -0.134. The fourth-order valence-corrected chi connectivity index (χ4v) is 2.18. The molecule has 1 amide bonds. The highest BCUT2D eigenvalue weighted by Gasteiger charge is 2.23. The summed E-state index contributed by atoms with van der Waals surface area (Å²) in [6.07, 6.45) is 2.36. The summed E-state index contributed by atoms with van der Waals surface area (Å²) in [5.74, 6) is -0.909. The molecule has 1 aliphatic carbocycles. The number of hydrogen-bond donors (Lipinski definition) is 3. The monoisotopic (exact) mass is 285 g/mol. The number of carbonyl (C=O) groups is 2. The molecule has 1 aromatic rings. The van der Waals surface area contributed by atoms with Crippen molar-refractivity contribution in [2.24, 2.45) is 0 Å². The second-order valence-corrected chi connectivity index (χ2v) is 5.21. The zero-order valence-electron chi connectivity index (χ0n) is 10.2. The van der Waals surface area contributed by atoms with E-state index in [0.29, 0.717) is 17.7 Å². The Bertz CT molecular complexity index is 486. The quantitative estimate of drug-likeness (QED) is 0.588. The Labute approximate surface area is 113 Å². The van der Waals surface area contributed by atoms with Gasteiger partial charge in [0.1, 0.15) is 0 Å². The van der Waals surface area contributed by atoms with Gasteiger partial charge in [-0.15, -0.1) is 10.2 Å². The average molecular weight is 285 g/mol. The summed E-state index contributed by atoms with van der Waals surface area (Å²) in [4.78, 5) is 22.1. The van der Waals surface area contributed by atoms with Crippen molar-refractivity contribution in [2.75, 3.05) is 11.5 Å². The van der Waals surface area contributed by atoms with Crippen LogP contribution in [0.5, 0.6) is 0 Å². The van der Waals surface area contributed by atoms with E-state index in [1.807, 2.05) is 0 Å². The summed E-state index contributed by atoms with van der Waals surface area (Å²) < 4.78 is 1.56. The van der Waals surface area contributed by atoms with Crippen LogP contribution in [0, 0.1) is 0 Å². The van der Waals surface area contributed by atoms with Crippen LogP contribution in [0.3, 0.4) is 0 Å². The first-order chi connectivity index (χ1) is 9.06. The molecule has 0 atom stereocenters. The van der Waals surface area contributed by atoms with Crippen LogP contribution in [0.4, 0.5) is 5.95 Å². The number of carboxylic acid groups (broad SMARTS) is 1. The van der Waals surface area contributed by atoms with Crippen LogP contribution in [0.15, 0.2) is 5.16 Å². The topological polar surface area (TPSA) is 123 Å². The van der Waals surface area contributed by atoms with E-state index < -0.39 is 5.97 Å². The molecule has 19 heavy (non-hydrogen) atoms. The van der Waals surface area contributed by atoms with Gasteiger partial charge in [0, 0.05) is 19.0 Å². The van der Waals surface area contributed by atoms with Gasteiger partial charge in [-0.3, -0.25) is 14.2 Å². The highest BCUT2D eigenvalue weighted by atomic mass is 32.2. The Balaban J connectivity index is 1.88. The molecule has 0 unspecified atom stereocenters. The molecular formula is C10H15N5O3S. The smallest absolute Gasteiger partial charge is 0.313 e. The summed E-state index contributed by atoms with van der Waals surface area (Å²) in [6.45, 7) is 0.347. The lowest BCUT2D eigenvalue weighted by Gasteiger charge is -2.07. The van der Waals surface area contributed by atoms with Crippen LogP contribution in [0.25, 0.3) is 0 Å². The third-order valence-corrected chi connectivity index (χ3v) is 3.53. The second-order valence-electron chi connectivity index (χ2n) is 4.27. The van der Waals surface area contributed by atoms with Gasteiger partial charge in [-0.25, -0.2) is 0 Å².